The van der Waals surface area contributed by atoms with Crippen LogP contribution in [0.4, 0.5) is 0 Å². The summed E-state index contributed by atoms with van der Waals surface area (Å²) in [6.07, 6.45) is 0. The predicted octanol–water partition coefficient (Wildman–Crippen LogP) is 2.20. The molecule has 7 heteroatoms. The Balaban J connectivity index is 0.00000364. The number of halogens is 1. The molecule has 1 heterocycles. The van der Waals surface area contributed by atoms with Gasteiger partial charge in [0.1, 0.15) is 5.75 Å². The molecule has 1 N–H and O–H groups in total. The van der Waals surface area contributed by atoms with Crippen LogP contribution in [0.5, 0.6) is 5.75 Å². The number of piperazine rings is 1. The van der Waals surface area contributed by atoms with Gasteiger partial charge >= 0.3 is 0 Å². The van der Waals surface area contributed by atoms with Crippen molar-refractivity contribution in [2.24, 2.45) is 10.9 Å². The lowest BCUT2D eigenvalue weighted by atomic mass is 10.1. The highest BCUT2D eigenvalue weighted by atomic mass is 127. The van der Waals surface area contributed by atoms with Crippen LogP contribution >= 0.6 is 24.0 Å². The number of rotatable bonds is 7. The summed E-state index contributed by atoms with van der Waals surface area (Å²) in [5.74, 6) is 2.41. The first kappa shape index (κ1) is 24.0. The van der Waals surface area contributed by atoms with Gasteiger partial charge in [-0.15, -0.1) is 24.0 Å². The molecular weight excluding hydrogens is 453 g/mol. The van der Waals surface area contributed by atoms with E-state index in [4.69, 9.17) is 4.74 Å². The fourth-order valence-corrected chi connectivity index (χ4v) is 3.27. The van der Waals surface area contributed by atoms with Gasteiger partial charge in [-0.1, -0.05) is 19.1 Å². The molecule has 1 saturated heterocycles. The van der Waals surface area contributed by atoms with Gasteiger partial charge in [0.25, 0.3) is 0 Å². The normalized spacial score (nSPS) is 17.1. The molecule has 0 aliphatic carbocycles. The second kappa shape index (κ2) is 12.4. The minimum Gasteiger partial charge on any atom is -0.497 e. The molecular formula is C20H36IN5O. The number of methoxy groups -OCH3 is 1. The Kier molecular flexibility index (Phi) is 11.0. The van der Waals surface area contributed by atoms with Crippen LogP contribution in [-0.4, -0.2) is 88.2 Å². The molecule has 1 aromatic carbocycles. The van der Waals surface area contributed by atoms with Crippen molar-refractivity contribution in [3.63, 3.8) is 0 Å². The second-order valence-corrected chi connectivity index (χ2v) is 7.34. The van der Waals surface area contributed by atoms with Crippen molar-refractivity contribution >= 4 is 29.9 Å². The first-order valence-electron chi connectivity index (χ1n) is 9.47. The molecule has 0 saturated carbocycles. The van der Waals surface area contributed by atoms with E-state index < -0.39 is 0 Å². The first-order valence-corrected chi connectivity index (χ1v) is 9.47. The highest BCUT2D eigenvalue weighted by molar-refractivity contribution is 14.0. The molecule has 0 spiro atoms. The third kappa shape index (κ3) is 8.23. The van der Waals surface area contributed by atoms with Crippen molar-refractivity contribution in [1.82, 2.24) is 20.0 Å². The van der Waals surface area contributed by atoms with Crippen LogP contribution in [0.15, 0.2) is 29.3 Å². The van der Waals surface area contributed by atoms with Crippen molar-refractivity contribution in [2.45, 2.75) is 13.5 Å². The maximum Gasteiger partial charge on any atom is 0.193 e. The van der Waals surface area contributed by atoms with Crippen molar-refractivity contribution in [2.75, 3.05) is 67.5 Å². The zero-order chi connectivity index (χ0) is 18.9. The minimum atomic E-state index is 0. The third-order valence-electron chi connectivity index (χ3n) is 4.93. The van der Waals surface area contributed by atoms with Crippen LogP contribution in [0.3, 0.4) is 0 Å². The molecule has 1 atom stereocenters. The van der Waals surface area contributed by atoms with E-state index >= 15 is 0 Å². The quantitative estimate of drug-likeness (QED) is 0.362. The zero-order valence-electron chi connectivity index (χ0n) is 17.4. The van der Waals surface area contributed by atoms with Gasteiger partial charge in [-0.25, -0.2) is 0 Å². The van der Waals surface area contributed by atoms with Crippen LogP contribution in [0.2, 0.25) is 0 Å². The zero-order valence-corrected chi connectivity index (χ0v) is 19.8. The Hall–Kier alpha value is -1.06. The van der Waals surface area contributed by atoms with E-state index in [-0.39, 0.29) is 24.0 Å². The Labute approximate surface area is 182 Å². The van der Waals surface area contributed by atoms with Gasteiger partial charge < -0.3 is 24.8 Å². The Morgan fingerprint density at radius 1 is 1.22 bits per heavy atom. The van der Waals surface area contributed by atoms with E-state index in [2.05, 4.69) is 58.2 Å². The fourth-order valence-electron chi connectivity index (χ4n) is 3.27. The molecule has 154 valence electrons. The molecule has 27 heavy (non-hydrogen) atoms. The summed E-state index contributed by atoms with van der Waals surface area (Å²) in [6, 6.07) is 8.19. The number of guanidine groups is 1. The third-order valence-corrected chi connectivity index (χ3v) is 4.93. The van der Waals surface area contributed by atoms with Gasteiger partial charge in [-0.05, 0) is 30.7 Å². The highest BCUT2D eigenvalue weighted by Gasteiger charge is 2.16. The molecule has 1 fully saturated rings. The van der Waals surface area contributed by atoms with Gasteiger partial charge in [-0.3, -0.25) is 4.99 Å². The summed E-state index contributed by atoms with van der Waals surface area (Å²) in [7, 11) is 7.81. The lowest BCUT2D eigenvalue weighted by Crippen LogP contribution is -2.47. The molecule has 1 aromatic rings. The number of nitrogens with zero attached hydrogens (tertiary/aromatic N) is 4. The molecule has 0 amide bonds. The van der Waals surface area contributed by atoms with E-state index in [1.807, 2.05) is 19.2 Å². The van der Waals surface area contributed by atoms with Crippen molar-refractivity contribution in [3.05, 3.63) is 29.8 Å². The average molecular weight is 489 g/mol. The Morgan fingerprint density at radius 2 is 1.85 bits per heavy atom. The van der Waals surface area contributed by atoms with E-state index in [1.165, 1.54) is 31.7 Å². The topological polar surface area (TPSA) is 43.3 Å². The number of benzene rings is 1. The average Bonchev–Trinajstić information content (AvgIpc) is 2.64. The van der Waals surface area contributed by atoms with Crippen LogP contribution in [-0.2, 0) is 6.54 Å². The monoisotopic (exact) mass is 489 g/mol. The van der Waals surface area contributed by atoms with Crippen LogP contribution in [0, 0.1) is 5.92 Å². The maximum atomic E-state index is 5.22. The number of hydrogen-bond donors (Lipinski definition) is 1. The molecule has 1 aliphatic rings. The summed E-state index contributed by atoms with van der Waals surface area (Å²) in [5, 5.41) is 3.52. The summed E-state index contributed by atoms with van der Waals surface area (Å²) in [4.78, 5) is 11.6. The number of ether oxygens (including phenoxy) is 1. The second-order valence-electron chi connectivity index (χ2n) is 7.34. The number of aliphatic imine (C=N–C) groups is 1. The van der Waals surface area contributed by atoms with Gasteiger partial charge in [-0.2, -0.15) is 0 Å². The van der Waals surface area contributed by atoms with Crippen molar-refractivity contribution in [1.29, 1.82) is 0 Å². The van der Waals surface area contributed by atoms with Gasteiger partial charge in [0, 0.05) is 59.9 Å². The molecule has 1 unspecified atom stereocenters. The summed E-state index contributed by atoms with van der Waals surface area (Å²) >= 11 is 0. The lowest BCUT2D eigenvalue weighted by Gasteiger charge is -2.34. The van der Waals surface area contributed by atoms with E-state index in [0.717, 1.165) is 31.3 Å². The Bertz CT molecular complexity index is 558. The van der Waals surface area contributed by atoms with E-state index in [0.29, 0.717) is 5.92 Å². The number of nitrogens with one attached hydrogen (secondary N) is 1. The smallest absolute Gasteiger partial charge is 0.193 e. The summed E-state index contributed by atoms with van der Waals surface area (Å²) < 4.78 is 5.22. The minimum absolute atomic E-state index is 0. The standard InChI is InChI=1S/C20H35N5O.HI/c1-17(15-25-12-10-23(3)11-13-25)14-22-20(21-2)24(4)16-18-6-8-19(26-5)9-7-18;/h6-9,17H,10-16H2,1-5H3,(H,21,22);1H. The summed E-state index contributed by atoms with van der Waals surface area (Å²) in [6.45, 7) is 9.89. The van der Waals surface area contributed by atoms with Crippen LogP contribution in [0.25, 0.3) is 0 Å². The van der Waals surface area contributed by atoms with Crippen LogP contribution < -0.4 is 10.1 Å². The SMILES string of the molecule is CN=C(NCC(C)CN1CCN(C)CC1)N(C)Cc1ccc(OC)cc1.I. The van der Waals surface area contributed by atoms with Crippen molar-refractivity contribution < 1.29 is 4.74 Å². The van der Waals surface area contributed by atoms with E-state index in [9.17, 15) is 0 Å². The molecule has 1 aliphatic heterocycles. The molecule has 0 bridgehead atoms. The largest absolute Gasteiger partial charge is 0.497 e. The number of hydrogen-bond acceptors (Lipinski definition) is 4. The predicted molar refractivity (Wildman–Crippen MR) is 124 cm³/mol. The van der Waals surface area contributed by atoms with Gasteiger partial charge in [0.2, 0.25) is 0 Å². The molecule has 0 aromatic heterocycles. The lowest BCUT2D eigenvalue weighted by molar-refractivity contribution is 0.139. The first-order chi connectivity index (χ1) is 12.5. The maximum absolute atomic E-state index is 5.22. The fraction of sp³-hybridized carbons (Fsp3) is 0.650. The van der Waals surface area contributed by atoms with Crippen molar-refractivity contribution in [3.8, 4) is 5.75 Å². The van der Waals surface area contributed by atoms with Crippen LogP contribution in [0.1, 0.15) is 12.5 Å². The van der Waals surface area contributed by atoms with Gasteiger partial charge in [0.05, 0.1) is 7.11 Å². The molecule has 2 rings (SSSR count). The van der Waals surface area contributed by atoms with E-state index in [1.54, 1.807) is 7.11 Å². The number of likely N-dealkylation sites (N-methyl/N-ethyl adjacent to an activating group) is 1. The highest BCUT2D eigenvalue weighted by Crippen LogP contribution is 2.12. The Morgan fingerprint density at radius 3 is 2.41 bits per heavy atom. The summed E-state index contributed by atoms with van der Waals surface area (Å²) in [5.41, 5.74) is 1.24. The molecule has 0 radical (unpaired) electrons. The molecule has 6 nitrogen and oxygen atoms in total. The van der Waals surface area contributed by atoms with Gasteiger partial charge in [0.15, 0.2) is 5.96 Å².